The molecule has 0 spiro atoms. The number of aromatic nitrogens is 5. The van der Waals surface area contributed by atoms with Gasteiger partial charge in [-0.3, -0.25) is 4.57 Å². The van der Waals surface area contributed by atoms with E-state index in [0.717, 1.165) is 36.7 Å². The summed E-state index contributed by atoms with van der Waals surface area (Å²) in [5.74, 6) is 0.745. The van der Waals surface area contributed by atoms with E-state index in [-0.39, 0.29) is 6.23 Å². The number of halogens is 2. The Labute approximate surface area is 149 Å². The molecule has 0 saturated carbocycles. The summed E-state index contributed by atoms with van der Waals surface area (Å²) >= 11 is 9.86. The van der Waals surface area contributed by atoms with E-state index in [1.807, 2.05) is 9.95 Å². The van der Waals surface area contributed by atoms with E-state index in [2.05, 4.69) is 42.5 Å². The predicted octanol–water partition coefficient (Wildman–Crippen LogP) is 3.91. The minimum atomic E-state index is -0.0839. The Kier molecular flexibility index (Phi) is 4.01. The molecular weight excluding hydrogens is 437 g/mol. The zero-order valence-corrected chi connectivity index (χ0v) is 15.1. The second-order valence-electron chi connectivity index (χ2n) is 4.92. The highest BCUT2D eigenvalue weighted by molar-refractivity contribution is 14.1. The molecule has 114 valence electrons. The van der Waals surface area contributed by atoms with Gasteiger partial charge in [-0.15, -0.1) is 11.3 Å². The molecule has 22 heavy (non-hydrogen) atoms. The fraction of sp³-hybridized carbons (Fsp3) is 0.385. The fourth-order valence-electron chi connectivity index (χ4n) is 2.60. The summed E-state index contributed by atoms with van der Waals surface area (Å²) in [7, 11) is 0. The lowest BCUT2D eigenvalue weighted by Gasteiger charge is -2.25. The number of thiazole rings is 1. The third kappa shape index (κ3) is 2.51. The van der Waals surface area contributed by atoms with Gasteiger partial charge in [0, 0.05) is 40.8 Å². The first-order valence-corrected chi connectivity index (χ1v) is 9.20. The van der Waals surface area contributed by atoms with Crippen LogP contribution in [0.4, 0.5) is 0 Å². The van der Waals surface area contributed by atoms with Gasteiger partial charge in [0.2, 0.25) is 0 Å². The van der Waals surface area contributed by atoms with E-state index in [9.17, 15) is 0 Å². The molecule has 4 heterocycles. The zero-order valence-electron chi connectivity index (χ0n) is 11.4. The van der Waals surface area contributed by atoms with E-state index >= 15 is 0 Å². The van der Waals surface area contributed by atoms with Crippen molar-refractivity contribution in [2.24, 2.45) is 0 Å². The van der Waals surface area contributed by atoms with Crippen LogP contribution in [0.2, 0.25) is 5.15 Å². The van der Waals surface area contributed by atoms with Crippen molar-refractivity contribution in [1.29, 1.82) is 0 Å². The molecule has 1 saturated heterocycles. The molecule has 0 N–H and O–H groups in total. The van der Waals surface area contributed by atoms with Gasteiger partial charge < -0.3 is 4.74 Å². The van der Waals surface area contributed by atoms with Crippen LogP contribution in [0.5, 0.6) is 0 Å². The van der Waals surface area contributed by atoms with Gasteiger partial charge in [0.1, 0.15) is 11.7 Å². The first kappa shape index (κ1) is 14.7. The number of imidazole rings is 1. The summed E-state index contributed by atoms with van der Waals surface area (Å²) in [6.07, 6.45) is 4.82. The van der Waals surface area contributed by atoms with Gasteiger partial charge in [0.05, 0.1) is 0 Å². The highest BCUT2D eigenvalue weighted by atomic mass is 127. The van der Waals surface area contributed by atoms with Crippen molar-refractivity contribution in [3.05, 3.63) is 20.6 Å². The van der Waals surface area contributed by atoms with Gasteiger partial charge in [-0.25, -0.2) is 19.9 Å². The quantitative estimate of drug-likeness (QED) is 0.339. The number of ether oxygens (including phenoxy) is 1. The van der Waals surface area contributed by atoms with Crippen LogP contribution in [0.15, 0.2) is 11.6 Å². The largest absolute Gasteiger partial charge is 0.358 e. The van der Waals surface area contributed by atoms with Crippen molar-refractivity contribution in [3.63, 3.8) is 0 Å². The van der Waals surface area contributed by atoms with Crippen molar-refractivity contribution in [1.82, 2.24) is 24.5 Å². The molecular formula is C13H11ClIN5OS. The standard InChI is InChI=1S/C13H11ClIN5OS/c14-9-8-10(19-13(15)18-9)20(7-3-1-2-5-21-7)11(17-8)12-16-4-6-22-12/h4,6-7H,1-3,5H2. The second-order valence-corrected chi connectivity index (χ2v) is 7.14. The minimum absolute atomic E-state index is 0.0839. The molecule has 9 heteroatoms. The van der Waals surface area contributed by atoms with E-state index in [1.54, 1.807) is 6.20 Å². The average molecular weight is 448 g/mol. The molecule has 1 aliphatic rings. The zero-order chi connectivity index (χ0) is 15.1. The van der Waals surface area contributed by atoms with Gasteiger partial charge in [0.15, 0.2) is 25.5 Å². The highest BCUT2D eigenvalue weighted by Gasteiger charge is 2.26. The molecule has 0 radical (unpaired) electrons. The number of fused-ring (bicyclic) bond motifs is 1. The molecule has 0 aliphatic carbocycles. The molecule has 4 rings (SSSR count). The summed E-state index contributed by atoms with van der Waals surface area (Å²) in [5.41, 5.74) is 1.31. The summed E-state index contributed by atoms with van der Waals surface area (Å²) in [5, 5.41) is 3.12. The van der Waals surface area contributed by atoms with E-state index in [0.29, 0.717) is 20.1 Å². The Morgan fingerprint density at radius 2 is 2.23 bits per heavy atom. The van der Waals surface area contributed by atoms with Gasteiger partial charge in [-0.2, -0.15) is 0 Å². The number of nitrogens with zero attached hydrogens (tertiary/aromatic N) is 5. The summed E-state index contributed by atoms with van der Waals surface area (Å²) in [6.45, 7) is 0.748. The fourth-order valence-corrected chi connectivity index (χ4v) is 4.04. The van der Waals surface area contributed by atoms with Gasteiger partial charge in [-0.05, 0) is 19.3 Å². The van der Waals surface area contributed by atoms with Crippen molar-refractivity contribution in [3.8, 4) is 10.8 Å². The maximum absolute atomic E-state index is 6.26. The topological polar surface area (TPSA) is 65.7 Å². The monoisotopic (exact) mass is 447 g/mol. The maximum atomic E-state index is 6.26. The second kappa shape index (κ2) is 5.99. The van der Waals surface area contributed by atoms with E-state index < -0.39 is 0 Å². The molecule has 1 fully saturated rings. The van der Waals surface area contributed by atoms with Gasteiger partial charge in [0.25, 0.3) is 0 Å². The third-order valence-corrected chi connectivity index (χ3v) is 5.05. The Balaban J connectivity index is 1.98. The van der Waals surface area contributed by atoms with Crippen molar-refractivity contribution < 1.29 is 4.74 Å². The van der Waals surface area contributed by atoms with Crippen molar-refractivity contribution in [2.45, 2.75) is 25.5 Å². The third-order valence-electron chi connectivity index (χ3n) is 3.54. The normalized spacial score (nSPS) is 18.9. The van der Waals surface area contributed by atoms with Crippen LogP contribution in [-0.4, -0.2) is 31.1 Å². The molecule has 0 aromatic carbocycles. The van der Waals surface area contributed by atoms with Crippen molar-refractivity contribution >= 4 is 56.7 Å². The molecule has 3 aromatic rings. The predicted molar refractivity (Wildman–Crippen MR) is 93.0 cm³/mol. The molecule has 3 aromatic heterocycles. The van der Waals surface area contributed by atoms with E-state index in [1.165, 1.54) is 11.3 Å². The SMILES string of the molecule is Clc1nc(I)nc2c1nc(-c1nccs1)n2C1CCCCO1. The van der Waals surface area contributed by atoms with Crippen LogP contribution in [0.3, 0.4) is 0 Å². The molecule has 0 bridgehead atoms. The van der Waals surface area contributed by atoms with Crippen LogP contribution in [0.25, 0.3) is 22.0 Å². The summed E-state index contributed by atoms with van der Waals surface area (Å²) in [6, 6.07) is 0. The highest BCUT2D eigenvalue weighted by Crippen LogP contribution is 2.34. The molecule has 6 nitrogen and oxygen atoms in total. The van der Waals surface area contributed by atoms with Crippen LogP contribution >= 0.6 is 45.5 Å². The lowest BCUT2D eigenvalue weighted by molar-refractivity contribution is -0.0287. The maximum Gasteiger partial charge on any atom is 0.194 e. The molecule has 0 amide bonds. The Morgan fingerprint density at radius 1 is 1.32 bits per heavy atom. The summed E-state index contributed by atoms with van der Waals surface area (Å²) in [4.78, 5) is 17.7. The van der Waals surface area contributed by atoms with Gasteiger partial charge >= 0.3 is 0 Å². The Bertz CT molecular complexity index is 816. The number of rotatable bonds is 2. The van der Waals surface area contributed by atoms with Crippen LogP contribution < -0.4 is 0 Å². The smallest absolute Gasteiger partial charge is 0.194 e. The lowest BCUT2D eigenvalue weighted by atomic mass is 10.2. The molecule has 1 aliphatic heterocycles. The number of hydrogen-bond donors (Lipinski definition) is 0. The van der Waals surface area contributed by atoms with E-state index in [4.69, 9.17) is 16.3 Å². The molecule has 1 atom stereocenters. The van der Waals surface area contributed by atoms with Gasteiger partial charge in [-0.1, -0.05) is 11.6 Å². The Hall–Kier alpha value is -0.840. The number of hydrogen-bond acceptors (Lipinski definition) is 6. The first-order valence-electron chi connectivity index (χ1n) is 6.86. The molecule has 1 unspecified atom stereocenters. The Morgan fingerprint density at radius 3 is 2.95 bits per heavy atom. The summed E-state index contributed by atoms with van der Waals surface area (Å²) < 4.78 is 8.55. The first-order chi connectivity index (χ1) is 10.7. The van der Waals surface area contributed by atoms with Crippen molar-refractivity contribution in [2.75, 3.05) is 6.61 Å². The van der Waals surface area contributed by atoms with Crippen LogP contribution in [-0.2, 0) is 4.74 Å². The minimum Gasteiger partial charge on any atom is -0.358 e. The average Bonchev–Trinajstić information content (AvgIpc) is 3.14. The van der Waals surface area contributed by atoms with Crippen LogP contribution in [0.1, 0.15) is 25.5 Å². The lowest BCUT2D eigenvalue weighted by Crippen LogP contribution is -2.19. The van der Waals surface area contributed by atoms with Crippen LogP contribution in [0, 0.1) is 3.83 Å².